The summed E-state index contributed by atoms with van der Waals surface area (Å²) in [5, 5.41) is 5.17. The molecule has 0 aliphatic rings. The second kappa shape index (κ2) is 7.74. The molecule has 104 valence electrons. The Morgan fingerprint density at radius 1 is 1.56 bits per heavy atom. The molecular formula is C12H23ClN4O. The van der Waals surface area contributed by atoms with Gasteiger partial charge in [-0.1, -0.05) is 18.5 Å². The molecule has 1 rings (SSSR count). The summed E-state index contributed by atoms with van der Waals surface area (Å²) in [5.74, 6) is 5.58. The summed E-state index contributed by atoms with van der Waals surface area (Å²) in [6.07, 6.45) is 3.55. The van der Waals surface area contributed by atoms with Crippen molar-refractivity contribution in [3.8, 4) is 0 Å². The molecule has 0 fully saturated rings. The molecule has 0 saturated carbocycles. The third kappa shape index (κ3) is 3.95. The number of ether oxygens (including phenoxy) is 1. The standard InChI is InChI=1S/C12H23ClN4O/c1-4-10-12(13)11(17(2)16-10)8-9(15-14)6-5-7-18-3/h9,15H,4-8,14H2,1-3H3. The first kappa shape index (κ1) is 15.4. The number of nitrogens with one attached hydrogen (secondary N) is 1. The van der Waals surface area contributed by atoms with Crippen LogP contribution < -0.4 is 11.3 Å². The molecule has 0 spiro atoms. The molecule has 0 aliphatic carbocycles. The highest BCUT2D eigenvalue weighted by Crippen LogP contribution is 2.22. The lowest BCUT2D eigenvalue weighted by Gasteiger charge is -2.15. The maximum Gasteiger partial charge on any atom is 0.0850 e. The molecule has 0 bridgehead atoms. The van der Waals surface area contributed by atoms with Gasteiger partial charge in [0, 0.05) is 33.2 Å². The van der Waals surface area contributed by atoms with Gasteiger partial charge in [-0.05, 0) is 19.3 Å². The molecule has 18 heavy (non-hydrogen) atoms. The number of nitrogens with two attached hydrogens (primary N) is 1. The Morgan fingerprint density at radius 2 is 2.28 bits per heavy atom. The Kier molecular flexibility index (Phi) is 6.63. The third-order valence-electron chi connectivity index (χ3n) is 3.08. The number of aromatic nitrogens is 2. The highest BCUT2D eigenvalue weighted by Gasteiger charge is 2.17. The van der Waals surface area contributed by atoms with E-state index in [9.17, 15) is 0 Å². The van der Waals surface area contributed by atoms with Crippen LogP contribution in [0.5, 0.6) is 0 Å². The van der Waals surface area contributed by atoms with Crippen LogP contribution in [0.4, 0.5) is 0 Å². The molecule has 5 nitrogen and oxygen atoms in total. The van der Waals surface area contributed by atoms with E-state index in [1.165, 1.54) is 0 Å². The molecule has 0 saturated heterocycles. The number of hydrazine groups is 1. The highest BCUT2D eigenvalue weighted by molar-refractivity contribution is 6.31. The average Bonchev–Trinajstić information content (AvgIpc) is 2.64. The molecule has 0 aromatic carbocycles. The number of nitrogens with zero attached hydrogens (tertiary/aromatic N) is 2. The number of hydrogen-bond donors (Lipinski definition) is 2. The predicted molar refractivity (Wildman–Crippen MR) is 73.5 cm³/mol. The van der Waals surface area contributed by atoms with Gasteiger partial charge in [0.15, 0.2) is 0 Å². The van der Waals surface area contributed by atoms with Crippen LogP contribution in [0.2, 0.25) is 5.02 Å². The smallest absolute Gasteiger partial charge is 0.0850 e. The Labute approximate surface area is 114 Å². The lowest BCUT2D eigenvalue weighted by molar-refractivity contribution is 0.188. The lowest BCUT2D eigenvalue weighted by atomic mass is 10.1. The summed E-state index contributed by atoms with van der Waals surface area (Å²) in [6, 6.07) is 0.192. The van der Waals surface area contributed by atoms with Crippen LogP contribution in [0, 0.1) is 0 Å². The Hall–Kier alpha value is -0.620. The van der Waals surface area contributed by atoms with Gasteiger partial charge in [-0.25, -0.2) is 0 Å². The average molecular weight is 275 g/mol. The molecule has 6 heteroatoms. The minimum absolute atomic E-state index is 0.192. The molecular weight excluding hydrogens is 252 g/mol. The molecule has 0 amide bonds. The maximum absolute atomic E-state index is 6.32. The van der Waals surface area contributed by atoms with Crippen LogP contribution >= 0.6 is 11.6 Å². The van der Waals surface area contributed by atoms with Crippen molar-refractivity contribution in [2.75, 3.05) is 13.7 Å². The van der Waals surface area contributed by atoms with Crippen molar-refractivity contribution >= 4 is 11.6 Å². The van der Waals surface area contributed by atoms with Gasteiger partial charge in [-0.2, -0.15) is 5.10 Å². The fourth-order valence-electron chi connectivity index (χ4n) is 1.99. The second-order valence-electron chi connectivity index (χ2n) is 4.39. The van der Waals surface area contributed by atoms with Crippen LogP contribution in [0.25, 0.3) is 0 Å². The second-order valence-corrected chi connectivity index (χ2v) is 4.77. The van der Waals surface area contributed by atoms with Gasteiger partial charge < -0.3 is 4.74 Å². The zero-order valence-corrected chi connectivity index (χ0v) is 12.1. The summed E-state index contributed by atoms with van der Waals surface area (Å²) >= 11 is 6.32. The molecule has 1 aromatic heterocycles. The molecule has 3 N–H and O–H groups in total. The molecule has 1 aromatic rings. The summed E-state index contributed by atoms with van der Waals surface area (Å²) in [6.45, 7) is 2.80. The van der Waals surface area contributed by atoms with Crippen molar-refractivity contribution in [1.82, 2.24) is 15.2 Å². The van der Waals surface area contributed by atoms with Crippen LogP contribution in [-0.4, -0.2) is 29.5 Å². The summed E-state index contributed by atoms with van der Waals surface area (Å²) in [5.41, 5.74) is 4.82. The predicted octanol–water partition coefficient (Wildman–Crippen LogP) is 1.44. The summed E-state index contributed by atoms with van der Waals surface area (Å²) in [7, 11) is 3.62. The van der Waals surface area contributed by atoms with Gasteiger partial charge >= 0.3 is 0 Å². The van der Waals surface area contributed by atoms with Crippen LogP contribution in [0.15, 0.2) is 0 Å². The Balaban J connectivity index is 2.66. The van der Waals surface area contributed by atoms with Crippen LogP contribution in [-0.2, 0) is 24.6 Å². The van der Waals surface area contributed by atoms with Gasteiger partial charge in [-0.15, -0.1) is 0 Å². The van der Waals surface area contributed by atoms with E-state index in [1.54, 1.807) is 7.11 Å². The molecule has 0 aliphatic heterocycles. The molecule has 1 heterocycles. The van der Waals surface area contributed by atoms with Gasteiger partial charge in [0.25, 0.3) is 0 Å². The maximum atomic E-state index is 6.32. The first-order valence-corrected chi connectivity index (χ1v) is 6.67. The van der Waals surface area contributed by atoms with Gasteiger partial charge in [-0.3, -0.25) is 16.0 Å². The minimum Gasteiger partial charge on any atom is -0.385 e. The van der Waals surface area contributed by atoms with E-state index in [2.05, 4.69) is 17.4 Å². The fourth-order valence-corrected chi connectivity index (χ4v) is 2.36. The van der Waals surface area contributed by atoms with Crippen molar-refractivity contribution in [2.24, 2.45) is 12.9 Å². The Morgan fingerprint density at radius 3 is 2.78 bits per heavy atom. The lowest BCUT2D eigenvalue weighted by Crippen LogP contribution is -2.37. The van der Waals surface area contributed by atoms with E-state index < -0.39 is 0 Å². The van der Waals surface area contributed by atoms with Gasteiger partial charge in [0.2, 0.25) is 0 Å². The normalized spacial score (nSPS) is 12.9. The van der Waals surface area contributed by atoms with E-state index >= 15 is 0 Å². The van der Waals surface area contributed by atoms with Crippen molar-refractivity contribution in [1.29, 1.82) is 0 Å². The van der Waals surface area contributed by atoms with E-state index in [-0.39, 0.29) is 6.04 Å². The van der Waals surface area contributed by atoms with Crippen molar-refractivity contribution in [2.45, 2.75) is 38.6 Å². The van der Waals surface area contributed by atoms with Crippen molar-refractivity contribution < 1.29 is 4.74 Å². The van der Waals surface area contributed by atoms with Crippen LogP contribution in [0.1, 0.15) is 31.2 Å². The SMILES string of the molecule is CCc1nn(C)c(CC(CCCOC)NN)c1Cl. The quantitative estimate of drug-likeness (QED) is 0.428. The summed E-state index contributed by atoms with van der Waals surface area (Å²) in [4.78, 5) is 0. The first-order chi connectivity index (χ1) is 8.63. The topological polar surface area (TPSA) is 65.1 Å². The number of aryl methyl sites for hydroxylation is 2. The van der Waals surface area contributed by atoms with E-state index in [1.807, 2.05) is 11.7 Å². The largest absolute Gasteiger partial charge is 0.385 e. The molecule has 0 radical (unpaired) electrons. The first-order valence-electron chi connectivity index (χ1n) is 6.29. The van der Waals surface area contributed by atoms with Crippen molar-refractivity contribution in [3.05, 3.63) is 16.4 Å². The zero-order valence-electron chi connectivity index (χ0n) is 11.4. The van der Waals surface area contributed by atoms with E-state index in [0.29, 0.717) is 0 Å². The minimum atomic E-state index is 0.192. The van der Waals surface area contributed by atoms with Gasteiger partial charge in [0.1, 0.15) is 0 Å². The number of hydrogen-bond acceptors (Lipinski definition) is 4. The Bertz CT molecular complexity index is 367. The molecule has 1 unspecified atom stereocenters. The van der Waals surface area contributed by atoms with E-state index in [0.717, 1.165) is 48.7 Å². The fraction of sp³-hybridized carbons (Fsp3) is 0.750. The van der Waals surface area contributed by atoms with Crippen LogP contribution in [0.3, 0.4) is 0 Å². The number of rotatable bonds is 8. The summed E-state index contributed by atoms with van der Waals surface area (Å²) < 4.78 is 6.89. The monoisotopic (exact) mass is 274 g/mol. The molecule has 1 atom stereocenters. The highest BCUT2D eigenvalue weighted by atomic mass is 35.5. The third-order valence-corrected chi connectivity index (χ3v) is 3.52. The zero-order chi connectivity index (χ0) is 13.5. The number of halogens is 1. The number of methoxy groups -OCH3 is 1. The van der Waals surface area contributed by atoms with Gasteiger partial charge in [0.05, 0.1) is 16.4 Å². The van der Waals surface area contributed by atoms with Crippen molar-refractivity contribution in [3.63, 3.8) is 0 Å². The van der Waals surface area contributed by atoms with E-state index in [4.69, 9.17) is 22.2 Å².